The third kappa shape index (κ3) is 2.85. The summed E-state index contributed by atoms with van der Waals surface area (Å²) in [6, 6.07) is 13.7. The van der Waals surface area contributed by atoms with Crippen LogP contribution in [-0.4, -0.2) is 21.2 Å². The number of fused-ring (bicyclic) bond motifs is 1. The van der Waals surface area contributed by atoms with Crippen molar-refractivity contribution in [2.45, 2.75) is 18.2 Å². The van der Waals surface area contributed by atoms with Gasteiger partial charge >= 0.3 is 0 Å². The average molecular weight is 362 g/mol. The molecule has 4 nitrogen and oxygen atoms in total. The van der Waals surface area contributed by atoms with Crippen LogP contribution in [0.1, 0.15) is 17.5 Å². The van der Waals surface area contributed by atoms with Crippen LogP contribution in [-0.2, 0) is 14.8 Å². The fraction of sp³-hybridized carbons (Fsp3) is 0.167. The molecule has 0 fully saturated rings. The van der Waals surface area contributed by atoms with Gasteiger partial charge in [-0.15, -0.1) is 0 Å². The first-order valence-corrected chi connectivity index (χ1v) is 9.29. The van der Waals surface area contributed by atoms with Crippen molar-refractivity contribution in [2.75, 3.05) is 10.8 Å². The highest BCUT2D eigenvalue weighted by Gasteiger charge is 2.30. The Labute approximate surface area is 146 Å². The Kier molecular flexibility index (Phi) is 4.47. The zero-order chi connectivity index (χ0) is 17.3. The maximum Gasteiger partial charge on any atom is 0.264 e. The molecule has 0 spiro atoms. The topological polar surface area (TPSA) is 54.5 Å². The zero-order valence-electron chi connectivity index (χ0n) is 13.1. The Hall–Kier alpha value is -2.11. The predicted molar refractivity (Wildman–Crippen MR) is 95.6 cm³/mol. The fourth-order valence-corrected chi connectivity index (χ4v) is 4.48. The number of benzene rings is 2. The Balaban J connectivity index is 2.15. The number of aryl methyl sites for hydroxylation is 1. The van der Waals surface area contributed by atoms with Crippen LogP contribution < -0.4 is 4.31 Å². The lowest BCUT2D eigenvalue weighted by molar-refractivity contribution is -0.104. The van der Waals surface area contributed by atoms with E-state index in [1.807, 2.05) is 6.92 Å². The number of rotatable bonds is 3. The molecule has 124 valence electrons. The van der Waals surface area contributed by atoms with E-state index in [0.29, 0.717) is 28.1 Å². The molecule has 0 aromatic heterocycles. The van der Waals surface area contributed by atoms with Gasteiger partial charge < -0.3 is 0 Å². The van der Waals surface area contributed by atoms with Crippen LogP contribution in [0.4, 0.5) is 5.69 Å². The largest absolute Gasteiger partial charge is 0.298 e. The molecule has 2 aromatic carbocycles. The van der Waals surface area contributed by atoms with Crippen LogP contribution in [0, 0.1) is 6.92 Å². The fourth-order valence-electron chi connectivity index (χ4n) is 2.70. The number of para-hydroxylation sites is 1. The standard InChI is InChI=1S/C18H16ClNO3S/c1-13-6-8-15(9-7-13)24(22,23)20-11-10-14(12-21)18(19)16-4-2-3-5-17(16)20/h2-9,12H,10-11H2,1H3. The van der Waals surface area contributed by atoms with Crippen molar-refractivity contribution in [1.29, 1.82) is 0 Å². The molecule has 2 aromatic rings. The van der Waals surface area contributed by atoms with Crippen LogP contribution in [0.25, 0.3) is 5.03 Å². The molecule has 0 bridgehead atoms. The number of hydrogen-bond donors (Lipinski definition) is 0. The third-order valence-electron chi connectivity index (χ3n) is 4.03. The Morgan fingerprint density at radius 2 is 1.75 bits per heavy atom. The van der Waals surface area contributed by atoms with Gasteiger partial charge in [-0.3, -0.25) is 9.10 Å². The number of carbonyl (C=O) groups is 1. The van der Waals surface area contributed by atoms with Gasteiger partial charge in [0.2, 0.25) is 0 Å². The molecule has 0 radical (unpaired) electrons. The number of aldehydes is 1. The first kappa shape index (κ1) is 16.7. The third-order valence-corrected chi connectivity index (χ3v) is 6.30. The van der Waals surface area contributed by atoms with Gasteiger partial charge in [0.1, 0.15) is 6.29 Å². The van der Waals surface area contributed by atoms with E-state index in [4.69, 9.17) is 11.6 Å². The molecular formula is C18H16ClNO3S. The van der Waals surface area contributed by atoms with E-state index in [-0.39, 0.29) is 17.9 Å². The van der Waals surface area contributed by atoms with Crippen LogP contribution in [0.3, 0.4) is 0 Å². The number of carbonyl (C=O) groups excluding carboxylic acids is 1. The van der Waals surface area contributed by atoms with Gasteiger partial charge in [0.25, 0.3) is 10.0 Å². The molecule has 0 N–H and O–H groups in total. The molecule has 1 heterocycles. The van der Waals surface area contributed by atoms with Crippen LogP contribution >= 0.6 is 11.6 Å². The normalized spacial score (nSPS) is 15.0. The van der Waals surface area contributed by atoms with Crippen LogP contribution in [0.2, 0.25) is 0 Å². The smallest absolute Gasteiger partial charge is 0.264 e. The summed E-state index contributed by atoms with van der Waals surface area (Å²) < 4.78 is 27.5. The van der Waals surface area contributed by atoms with Crippen molar-refractivity contribution in [3.8, 4) is 0 Å². The highest BCUT2D eigenvalue weighted by atomic mass is 35.5. The number of hydrogen-bond acceptors (Lipinski definition) is 3. The van der Waals surface area contributed by atoms with E-state index < -0.39 is 10.0 Å². The van der Waals surface area contributed by atoms with Crippen molar-refractivity contribution in [3.63, 3.8) is 0 Å². The van der Waals surface area contributed by atoms with Crippen molar-refractivity contribution in [3.05, 3.63) is 65.2 Å². The van der Waals surface area contributed by atoms with Crippen molar-refractivity contribution in [1.82, 2.24) is 0 Å². The minimum absolute atomic E-state index is 0.164. The Bertz CT molecular complexity index is 918. The van der Waals surface area contributed by atoms with Gasteiger partial charge in [-0.2, -0.15) is 0 Å². The molecule has 6 heteroatoms. The van der Waals surface area contributed by atoms with Crippen molar-refractivity contribution >= 4 is 38.6 Å². The van der Waals surface area contributed by atoms with Gasteiger partial charge in [0.15, 0.2) is 0 Å². The first-order valence-electron chi connectivity index (χ1n) is 7.48. The van der Waals surface area contributed by atoms with Gasteiger partial charge in [0, 0.05) is 17.7 Å². The van der Waals surface area contributed by atoms with E-state index in [2.05, 4.69) is 0 Å². The first-order chi connectivity index (χ1) is 11.4. The quantitative estimate of drug-likeness (QED) is 0.782. The van der Waals surface area contributed by atoms with Crippen LogP contribution in [0.5, 0.6) is 0 Å². The van der Waals surface area contributed by atoms with Gasteiger partial charge in [-0.25, -0.2) is 8.42 Å². The number of halogens is 1. The molecule has 0 saturated carbocycles. The maximum absolute atomic E-state index is 13.1. The number of sulfonamides is 1. The summed E-state index contributed by atoms with van der Waals surface area (Å²) in [7, 11) is -3.74. The molecule has 0 aliphatic carbocycles. The summed E-state index contributed by atoms with van der Waals surface area (Å²) in [5, 5.41) is 0.308. The van der Waals surface area contributed by atoms with E-state index in [1.165, 1.54) is 4.31 Å². The lowest BCUT2D eigenvalue weighted by Crippen LogP contribution is -2.32. The molecule has 0 saturated heterocycles. The minimum atomic E-state index is -3.74. The monoisotopic (exact) mass is 361 g/mol. The molecule has 1 aliphatic heterocycles. The molecule has 3 rings (SSSR count). The minimum Gasteiger partial charge on any atom is -0.298 e. The predicted octanol–water partition coefficient (Wildman–Crippen LogP) is 3.74. The van der Waals surface area contributed by atoms with Crippen LogP contribution in [0.15, 0.2) is 59.0 Å². The second-order valence-electron chi connectivity index (χ2n) is 5.61. The lowest BCUT2D eigenvalue weighted by Gasteiger charge is -2.24. The van der Waals surface area contributed by atoms with E-state index in [9.17, 15) is 13.2 Å². The summed E-state index contributed by atoms with van der Waals surface area (Å²) in [5.41, 5.74) is 2.43. The van der Waals surface area contributed by atoms with Crippen molar-refractivity contribution in [2.24, 2.45) is 0 Å². The molecule has 24 heavy (non-hydrogen) atoms. The number of nitrogens with zero attached hydrogens (tertiary/aromatic N) is 1. The van der Waals surface area contributed by atoms with Gasteiger partial charge in [-0.1, -0.05) is 47.5 Å². The molecule has 0 amide bonds. The summed E-state index contributed by atoms with van der Waals surface area (Å²) >= 11 is 6.33. The Morgan fingerprint density at radius 3 is 2.42 bits per heavy atom. The summed E-state index contributed by atoms with van der Waals surface area (Å²) in [6.07, 6.45) is 0.962. The summed E-state index contributed by atoms with van der Waals surface area (Å²) in [4.78, 5) is 11.5. The highest BCUT2D eigenvalue weighted by Crippen LogP contribution is 2.38. The van der Waals surface area contributed by atoms with E-state index in [0.717, 1.165) is 5.56 Å². The Morgan fingerprint density at radius 1 is 1.08 bits per heavy atom. The van der Waals surface area contributed by atoms with Gasteiger partial charge in [-0.05, 0) is 31.5 Å². The molecule has 1 aliphatic rings. The summed E-state index contributed by atoms with van der Waals surface area (Å²) in [5.74, 6) is 0. The number of anilines is 1. The molecule has 0 atom stereocenters. The SMILES string of the molecule is Cc1ccc(S(=O)(=O)N2CCC(C=O)=C(Cl)c3ccccc32)cc1. The second kappa shape index (κ2) is 6.42. The maximum atomic E-state index is 13.1. The van der Waals surface area contributed by atoms with Gasteiger partial charge in [0.05, 0.1) is 15.6 Å². The van der Waals surface area contributed by atoms with E-state index >= 15 is 0 Å². The average Bonchev–Trinajstić information content (AvgIpc) is 2.72. The lowest BCUT2D eigenvalue weighted by atomic mass is 10.1. The van der Waals surface area contributed by atoms with E-state index in [1.54, 1.807) is 48.5 Å². The molecular weight excluding hydrogens is 346 g/mol. The zero-order valence-corrected chi connectivity index (χ0v) is 14.6. The summed E-state index contributed by atoms with van der Waals surface area (Å²) in [6.45, 7) is 2.06. The second-order valence-corrected chi connectivity index (χ2v) is 7.85. The highest BCUT2D eigenvalue weighted by molar-refractivity contribution is 7.92. The van der Waals surface area contributed by atoms with Crippen molar-refractivity contribution < 1.29 is 13.2 Å². The molecule has 0 unspecified atom stereocenters.